The van der Waals surface area contributed by atoms with E-state index in [1.807, 2.05) is 19.1 Å². The number of hydrogen-bond acceptors (Lipinski definition) is 3. The van der Waals surface area contributed by atoms with E-state index in [2.05, 4.69) is 9.71 Å². The number of pyridine rings is 1. The van der Waals surface area contributed by atoms with E-state index in [1.54, 1.807) is 6.07 Å². The van der Waals surface area contributed by atoms with Crippen molar-refractivity contribution in [1.82, 2.24) is 9.71 Å². The molecular weight excluding hydrogens is 224 g/mol. The van der Waals surface area contributed by atoms with Gasteiger partial charge in [-0.2, -0.15) is 0 Å². The van der Waals surface area contributed by atoms with Gasteiger partial charge < -0.3 is 0 Å². The minimum Gasteiger partial charge on any atom is -0.257 e. The molecule has 4 nitrogen and oxygen atoms in total. The van der Waals surface area contributed by atoms with Gasteiger partial charge in [-0.25, -0.2) is 13.1 Å². The van der Waals surface area contributed by atoms with Crippen LogP contribution in [0.2, 0.25) is 0 Å². The number of halogens is 1. The van der Waals surface area contributed by atoms with Gasteiger partial charge in [0, 0.05) is 5.69 Å². The molecule has 0 fully saturated rings. The van der Waals surface area contributed by atoms with Crippen molar-refractivity contribution in [3.05, 3.63) is 29.6 Å². The molecule has 1 aromatic rings. The monoisotopic (exact) mass is 234 g/mol. The summed E-state index contributed by atoms with van der Waals surface area (Å²) < 4.78 is 24.3. The zero-order valence-corrected chi connectivity index (χ0v) is 9.27. The van der Waals surface area contributed by atoms with Crippen molar-refractivity contribution in [1.29, 1.82) is 0 Å². The number of nitrogens with zero attached hydrogens (tertiary/aromatic N) is 1. The van der Waals surface area contributed by atoms with Gasteiger partial charge in [-0.3, -0.25) is 4.98 Å². The van der Waals surface area contributed by atoms with Gasteiger partial charge in [0.25, 0.3) is 0 Å². The molecule has 14 heavy (non-hydrogen) atoms. The summed E-state index contributed by atoms with van der Waals surface area (Å²) in [6.07, 6.45) is 0. The zero-order valence-electron chi connectivity index (χ0n) is 7.70. The summed E-state index contributed by atoms with van der Waals surface area (Å²) in [6, 6.07) is 5.43. The number of aromatic nitrogens is 1. The molecule has 0 bridgehead atoms. The van der Waals surface area contributed by atoms with E-state index in [1.165, 1.54) is 0 Å². The molecule has 1 rings (SSSR count). The smallest absolute Gasteiger partial charge is 0.226 e. The third kappa shape index (κ3) is 3.61. The van der Waals surface area contributed by atoms with Crippen LogP contribution in [0.15, 0.2) is 18.2 Å². The maximum Gasteiger partial charge on any atom is 0.226 e. The van der Waals surface area contributed by atoms with Crippen LogP contribution < -0.4 is 4.72 Å². The average Bonchev–Trinajstić information content (AvgIpc) is 2.15. The lowest BCUT2D eigenvalue weighted by Gasteiger charge is -2.03. The molecule has 0 radical (unpaired) electrons. The topological polar surface area (TPSA) is 59.1 Å². The van der Waals surface area contributed by atoms with E-state index in [4.69, 9.17) is 11.6 Å². The molecule has 0 aliphatic carbocycles. The van der Waals surface area contributed by atoms with E-state index in [0.717, 1.165) is 5.69 Å². The van der Waals surface area contributed by atoms with Crippen molar-refractivity contribution in [2.24, 2.45) is 0 Å². The minimum absolute atomic E-state index is 0.177. The molecule has 1 N–H and O–H groups in total. The molecule has 0 atom stereocenters. The van der Waals surface area contributed by atoms with Gasteiger partial charge in [0.15, 0.2) is 0 Å². The number of sulfonamides is 1. The fraction of sp³-hybridized carbons (Fsp3) is 0.375. The second-order valence-electron chi connectivity index (χ2n) is 2.82. The highest BCUT2D eigenvalue weighted by Crippen LogP contribution is 1.99. The summed E-state index contributed by atoms with van der Waals surface area (Å²) in [6.45, 7) is 2.02. The molecule has 78 valence electrons. The van der Waals surface area contributed by atoms with Crippen LogP contribution in [0.5, 0.6) is 0 Å². The first-order chi connectivity index (χ1) is 6.53. The Morgan fingerprint density at radius 3 is 2.79 bits per heavy atom. The molecule has 0 aliphatic rings. The zero-order chi connectivity index (χ0) is 10.6. The van der Waals surface area contributed by atoms with Gasteiger partial charge >= 0.3 is 0 Å². The molecule has 0 aliphatic heterocycles. The Morgan fingerprint density at radius 1 is 1.50 bits per heavy atom. The maximum atomic E-state index is 11.0. The second kappa shape index (κ2) is 4.72. The van der Waals surface area contributed by atoms with Crippen molar-refractivity contribution < 1.29 is 8.42 Å². The lowest BCUT2D eigenvalue weighted by molar-refractivity contribution is 0.585. The molecule has 0 amide bonds. The van der Waals surface area contributed by atoms with Crippen LogP contribution in [0.4, 0.5) is 0 Å². The molecule has 6 heteroatoms. The normalized spacial score (nSPS) is 11.6. The number of hydrogen-bond donors (Lipinski definition) is 1. The number of rotatable bonds is 4. The molecule has 0 spiro atoms. The fourth-order valence-electron chi connectivity index (χ4n) is 0.920. The highest BCUT2D eigenvalue weighted by Gasteiger charge is 2.07. The van der Waals surface area contributed by atoms with Crippen molar-refractivity contribution in [2.75, 3.05) is 5.21 Å². The Kier molecular flexibility index (Phi) is 3.86. The third-order valence-corrected chi connectivity index (χ3v) is 3.30. The first kappa shape index (κ1) is 11.4. The van der Waals surface area contributed by atoms with Gasteiger partial charge in [-0.15, -0.1) is 11.6 Å². The highest BCUT2D eigenvalue weighted by molar-refractivity contribution is 7.90. The Balaban J connectivity index is 2.63. The maximum absolute atomic E-state index is 11.0. The van der Waals surface area contributed by atoms with Crippen molar-refractivity contribution >= 4 is 21.6 Å². The summed E-state index contributed by atoms with van der Waals surface area (Å²) in [5, 5.41) is -0.432. The summed E-state index contributed by atoms with van der Waals surface area (Å²) in [4.78, 5) is 4.14. The molecular formula is C8H11ClN2O2S. The minimum atomic E-state index is -3.36. The predicted octanol–water partition coefficient (Wildman–Crippen LogP) is 1.01. The standard InChI is InChI=1S/C8H11ClN2O2S/c1-7-3-2-4-8(11-7)5-10-14(12,13)6-9/h2-4,10H,5-6H2,1H3. The highest BCUT2D eigenvalue weighted by atomic mass is 35.5. The van der Waals surface area contributed by atoms with Crippen LogP contribution in [-0.2, 0) is 16.6 Å². The fourth-order valence-corrected chi connectivity index (χ4v) is 1.60. The van der Waals surface area contributed by atoms with Gasteiger partial charge in [0.2, 0.25) is 10.0 Å². The van der Waals surface area contributed by atoms with E-state index in [9.17, 15) is 8.42 Å². The molecule has 0 saturated carbocycles. The Hall–Kier alpha value is -0.650. The van der Waals surface area contributed by atoms with E-state index in [-0.39, 0.29) is 6.54 Å². The van der Waals surface area contributed by atoms with E-state index < -0.39 is 15.2 Å². The van der Waals surface area contributed by atoms with Crippen LogP contribution in [-0.4, -0.2) is 18.6 Å². The van der Waals surface area contributed by atoms with E-state index in [0.29, 0.717) is 5.69 Å². The van der Waals surface area contributed by atoms with Crippen LogP contribution >= 0.6 is 11.6 Å². The number of nitrogens with one attached hydrogen (secondary N) is 1. The third-order valence-electron chi connectivity index (χ3n) is 1.56. The van der Waals surface area contributed by atoms with Crippen molar-refractivity contribution in [2.45, 2.75) is 13.5 Å². The van der Waals surface area contributed by atoms with Gasteiger partial charge in [0.05, 0.1) is 12.2 Å². The van der Waals surface area contributed by atoms with Crippen LogP contribution in [0.25, 0.3) is 0 Å². The average molecular weight is 235 g/mol. The molecule has 0 saturated heterocycles. The van der Waals surface area contributed by atoms with Crippen LogP contribution in [0.3, 0.4) is 0 Å². The molecule has 0 aromatic carbocycles. The quantitative estimate of drug-likeness (QED) is 0.791. The van der Waals surface area contributed by atoms with Crippen LogP contribution in [0.1, 0.15) is 11.4 Å². The Bertz CT molecular complexity index is 406. The first-order valence-electron chi connectivity index (χ1n) is 3.99. The predicted molar refractivity (Wildman–Crippen MR) is 55.5 cm³/mol. The largest absolute Gasteiger partial charge is 0.257 e. The summed E-state index contributed by atoms with van der Waals surface area (Å²) >= 11 is 5.22. The van der Waals surface area contributed by atoms with Crippen molar-refractivity contribution in [3.8, 4) is 0 Å². The first-order valence-corrected chi connectivity index (χ1v) is 6.18. The van der Waals surface area contributed by atoms with Gasteiger partial charge in [-0.05, 0) is 19.1 Å². The summed E-state index contributed by atoms with van der Waals surface area (Å²) in [5.74, 6) is 0. The Labute approximate surface area is 88.4 Å². The van der Waals surface area contributed by atoms with Gasteiger partial charge in [0.1, 0.15) is 5.21 Å². The Morgan fingerprint density at radius 2 is 2.21 bits per heavy atom. The van der Waals surface area contributed by atoms with Crippen LogP contribution in [0, 0.1) is 6.92 Å². The molecule has 1 aromatic heterocycles. The number of aryl methyl sites for hydroxylation is 1. The summed E-state index contributed by atoms with van der Waals surface area (Å²) in [5.41, 5.74) is 1.53. The van der Waals surface area contributed by atoms with E-state index >= 15 is 0 Å². The SMILES string of the molecule is Cc1cccc(CNS(=O)(=O)CCl)n1. The molecule has 0 unspecified atom stereocenters. The second-order valence-corrected chi connectivity index (χ2v) is 5.21. The lowest BCUT2D eigenvalue weighted by Crippen LogP contribution is -2.24. The van der Waals surface area contributed by atoms with Crippen molar-refractivity contribution in [3.63, 3.8) is 0 Å². The summed E-state index contributed by atoms with van der Waals surface area (Å²) in [7, 11) is -3.36. The van der Waals surface area contributed by atoms with Gasteiger partial charge in [-0.1, -0.05) is 6.07 Å². The lowest BCUT2D eigenvalue weighted by atomic mass is 10.3. The molecule has 1 heterocycles. The number of alkyl halides is 1.